The molecule has 3 heterocycles. The van der Waals surface area contributed by atoms with Crippen molar-refractivity contribution in [2.24, 2.45) is 7.05 Å². The van der Waals surface area contributed by atoms with Crippen LogP contribution in [0.25, 0.3) is 10.3 Å². The molecule has 24 heavy (non-hydrogen) atoms. The third kappa shape index (κ3) is 2.78. The predicted molar refractivity (Wildman–Crippen MR) is 96.2 cm³/mol. The minimum Gasteiger partial charge on any atom is -0.357 e. The molecule has 1 N–H and O–H groups in total. The first-order valence-corrected chi connectivity index (χ1v) is 8.60. The third-order valence-electron chi connectivity index (χ3n) is 3.98. The number of aryl methyl sites for hydroxylation is 2. The summed E-state index contributed by atoms with van der Waals surface area (Å²) in [4.78, 5) is 4.64. The molecule has 6 nitrogen and oxygen atoms in total. The summed E-state index contributed by atoms with van der Waals surface area (Å²) in [6, 6.07) is 10.4. The van der Waals surface area contributed by atoms with Gasteiger partial charge in [-0.2, -0.15) is 10.2 Å². The molecule has 7 heteroatoms. The smallest absolute Gasteiger partial charge is 0.185 e. The van der Waals surface area contributed by atoms with Gasteiger partial charge in [0.2, 0.25) is 0 Å². The zero-order valence-corrected chi connectivity index (χ0v) is 14.4. The zero-order valence-electron chi connectivity index (χ0n) is 13.6. The number of anilines is 1. The van der Waals surface area contributed by atoms with Gasteiger partial charge in [-0.15, -0.1) is 0 Å². The van der Waals surface area contributed by atoms with Crippen molar-refractivity contribution in [1.29, 1.82) is 0 Å². The fraction of sp³-hybridized carbons (Fsp3) is 0.235. The van der Waals surface area contributed by atoms with Gasteiger partial charge < -0.3 is 5.32 Å². The summed E-state index contributed by atoms with van der Waals surface area (Å²) in [6.45, 7) is 3.53. The molecule has 0 bridgehead atoms. The SMILES string of the molecule is Cc1nn(C)c2nc(NCc3ccccc3Cn3cccn3)sc12. The van der Waals surface area contributed by atoms with Crippen molar-refractivity contribution in [2.45, 2.75) is 20.0 Å². The number of fused-ring (bicyclic) bond motifs is 1. The van der Waals surface area contributed by atoms with Gasteiger partial charge in [-0.3, -0.25) is 4.68 Å². The van der Waals surface area contributed by atoms with E-state index >= 15 is 0 Å². The first-order chi connectivity index (χ1) is 11.7. The van der Waals surface area contributed by atoms with E-state index in [1.807, 2.05) is 35.6 Å². The molecule has 4 rings (SSSR count). The van der Waals surface area contributed by atoms with Gasteiger partial charge in [0.25, 0.3) is 0 Å². The molecule has 0 unspecified atom stereocenters. The molecule has 4 aromatic rings. The van der Waals surface area contributed by atoms with Crippen molar-refractivity contribution in [3.63, 3.8) is 0 Å². The summed E-state index contributed by atoms with van der Waals surface area (Å²) < 4.78 is 4.91. The Kier molecular flexibility index (Phi) is 3.78. The zero-order chi connectivity index (χ0) is 16.5. The van der Waals surface area contributed by atoms with Gasteiger partial charge in [0.15, 0.2) is 10.8 Å². The summed E-state index contributed by atoms with van der Waals surface area (Å²) >= 11 is 1.65. The highest BCUT2D eigenvalue weighted by atomic mass is 32.1. The number of rotatable bonds is 5. The van der Waals surface area contributed by atoms with Crippen molar-refractivity contribution in [3.8, 4) is 0 Å². The van der Waals surface area contributed by atoms with Gasteiger partial charge in [-0.25, -0.2) is 9.67 Å². The van der Waals surface area contributed by atoms with E-state index in [1.165, 1.54) is 11.1 Å². The van der Waals surface area contributed by atoms with Crippen LogP contribution in [0.3, 0.4) is 0 Å². The largest absolute Gasteiger partial charge is 0.357 e. The third-order valence-corrected chi connectivity index (χ3v) is 5.10. The number of benzene rings is 1. The van der Waals surface area contributed by atoms with Crippen molar-refractivity contribution in [2.75, 3.05) is 5.32 Å². The lowest BCUT2D eigenvalue weighted by Crippen LogP contribution is -2.07. The Morgan fingerprint density at radius 2 is 2.00 bits per heavy atom. The van der Waals surface area contributed by atoms with E-state index < -0.39 is 0 Å². The average Bonchev–Trinajstić information content (AvgIpc) is 3.27. The highest BCUT2D eigenvalue weighted by Gasteiger charge is 2.12. The number of nitrogens with one attached hydrogen (secondary N) is 1. The summed E-state index contributed by atoms with van der Waals surface area (Å²) in [5.74, 6) is 0. The second-order valence-electron chi connectivity index (χ2n) is 5.71. The van der Waals surface area contributed by atoms with Crippen LogP contribution < -0.4 is 5.32 Å². The van der Waals surface area contributed by atoms with Crippen LogP contribution in [0.5, 0.6) is 0 Å². The lowest BCUT2D eigenvalue weighted by atomic mass is 10.1. The van der Waals surface area contributed by atoms with E-state index in [1.54, 1.807) is 17.5 Å². The fourth-order valence-corrected chi connectivity index (χ4v) is 3.71. The maximum Gasteiger partial charge on any atom is 0.185 e. The molecular weight excluding hydrogens is 320 g/mol. The molecule has 3 aromatic heterocycles. The Morgan fingerprint density at radius 1 is 1.17 bits per heavy atom. The Bertz CT molecular complexity index is 932. The molecule has 0 aliphatic heterocycles. The van der Waals surface area contributed by atoms with Crippen LogP contribution in [0.4, 0.5) is 5.13 Å². The minimum absolute atomic E-state index is 0.740. The standard InChI is InChI=1S/C17H18N6S/c1-12-15-16(22(2)21-12)20-17(24-15)18-10-13-6-3-4-7-14(13)11-23-9-5-8-19-23/h3-9H,10-11H2,1-2H3,(H,18,20). The van der Waals surface area contributed by atoms with Gasteiger partial charge in [-0.1, -0.05) is 35.6 Å². The van der Waals surface area contributed by atoms with E-state index in [0.717, 1.165) is 34.3 Å². The van der Waals surface area contributed by atoms with E-state index in [4.69, 9.17) is 0 Å². The summed E-state index contributed by atoms with van der Waals surface area (Å²) in [6.07, 6.45) is 3.78. The quantitative estimate of drug-likeness (QED) is 0.607. The van der Waals surface area contributed by atoms with Gasteiger partial charge >= 0.3 is 0 Å². The molecule has 0 radical (unpaired) electrons. The lowest BCUT2D eigenvalue weighted by Gasteiger charge is -2.10. The molecular formula is C17H18N6S. The fourth-order valence-electron chi connectivity index (χ4n) is 2.78. The minimum atomic E-state index is 0.740. The van der Waals surface area contributed by atoms with Gasteiger partial charge in [0, 0.05) is 26.0 Å². The number of hydrogen-bond donors (Lipinski definition) is 1. The van der Waals surface area contributed by atoms with Crippen LogP contribution in [0, 0.1) is 6.92 Å². The Labute approximate surface area is 143 Å². The predicted octanol–water partition coefficient (Wildman–Crippen LogP) is 3.20. The molecule has 0 aliphatic carbocycles. The van der Waals surface area contributed by atoms with E-state index in [2.05, 4.69) is 44.8 Å². The second kappa shape index (κ2) is 6.09. The van der Waals surface area contributed by atoms with Crippen LogP contribution in [0.2, 0.25) is 0 Å². The number of thiazole rings is 1. The molecule has 122 valence electrons. The van der Waals surface area contributed by atoms with Crippen LogP contribution >= 0.6 is 11.3 Å². The molecule has 0 saturated heterocycles. The molecule has 0 saturated carbocycles. The summed E-state index contributed by atoms with van der Waals surface area (Å²) in [5, 5.41) is 13.1. The molecule has 1 aromatic carbocycles. The average molecular weight is 338 g/mol. The first-order valence-electron chi connectivity index (χ1n) is 7.79. The van der Waals surface area contributed by atoms with Crippen LogP contribution in [0.15, 0.2) is 42.7 Å². The molecule has 0 aliphatic rings. The Morgan fingerprint density at radius 3 is 2.75 bits per heavy atom. The van der Waals surface area contributed by atoms with E-state index in [0.29, 0.717) is 0 Å². The topological polar surface area (TPSA) is 60.6 Å². The molecule has 0 spiro atoms. The number of aromatic nitrogens is 5. The highest BCUT2D eigenvalue weighted by molar-refractivity contribution is 7.22. The Balaban J connectivity index is 1.53. The highest BCUT2D eigenvalue weighted by Crippen LogP contribution is 2.28. The van der Waals surface area contributed by atoms with E-state index in [-0.39, 0.29) is 0 Å². The van der Waals surface area contributed by atoms with Gasteiger partial charge in [0.1, 0.15) is 0 Å². The molecule has 0 fully saturated rings. The van der Waals surface area contributed by atoms with Crippen molar-refractivity contribution in [1.82, 2.24) is 24.5 Å². The Hall–Kier alpha value is -2.67. The van der Waals surface area contributed by atoms with Crippen molar-refractivity contribution >= 4 is 26.8 Å². The maximum absolute atomic E-state index is 4.64. The molecule has 0 amide bonds. The first kappa shape index (κ1) is 14.9. The maximum atomic E-state index is 4.64. The van der Waals surface area contributed by atoms with Crippen molar-refractivity contribution in [3.05, 3.63) is 59.5 Å². The van der Waals surface area contributed by atoms with Gasteiger partial charge in [0.05, 0.1) is 16.9 Å². The van der Waals surface area contributed by atoms with E-state index in [9.17, 15) is 0 Å². The molecule has 0 atom stereocenters. The number of hydrogen-bond acceptors (Lipinski definition) is 5. The van der Waals surface area contributed by atoms with Crippen LogP contribution in [-0.4, -0.2) is 24.5 Å². The van der Waals surface area contributed by atoms with Gasteiger partial charge in [-0.05, 0) is 24.1 Å². The number of nitrogens with zero attached hydrogens (tertiary/aromatic N) is 5. The second-order valence-corrected chi connectivity index (χ2v) is 6.71. The normalized spacial score (nSPS) is 11.2. The van der Waals surface area contributed by atoms with Crippen LogP contribution in [-0.2, 0) is 20.1 Å². The lowest BCUT2D eigenvalue weighted by molar-refractivity contribution is 0.682. The summed E-state index contributed by atoms with van der Waals surface area (Å²) in [7, 11) is 1.93. The van der Waals surface area contributed by atoms with Crippen LogP contribution in [0.1, 0.15) is 16.8 Å². The summed E-state index contributed by atoms with van der Waals surface area (Å²) in [5.41, 5.74) is 4.47. The van der Waals surface area contributed by atoms with Crippen molar-refractivity contribution < 1.29 is 0 Å². The monoisotopic (exact) mass is 338 g/mol.